The van der Waals surface area contributed by atoms with Gasteiger partial charge in [0, 0.05) is 32.7 Å². The summed E-state index contributed by atoms with van der Waals surface area (Å²) in [5.74, 6) is 1.78. The third-order valence-electron chi connectivity index (χ3n) is 5.66. The second kappa shape index (κ2) is 8.50. The van der Waals surface area contributed by atoms with E-state index in [1.807, 2.05) is 6.92 Å². The first-order chi connectivity index (χ1) is 10.1. The van der Waals surface area contributed by atoms with Crippen molar-refractivity contribution in [3.63, 3.8) is 0 Å². The van der Waals surface area contributed by atoms with Crippen LogP contribution >= 0.6 is 0 Å². The van der Waals surface area contributed by atoms with Gasteiger partial charge in [0.25, 0.3) is 0 Å². The highest BCUT2D eigenvalue weighted by molar-refractivity contribution is 4.89. The fourth-order valence-corrected chi connectivity index (χ4v) is 4.30. The fraction of sp³-hybridized carbons (Fsp3) is 1.00. The molecule has 3 unspecified atom stereocenters. The van der Waals surface area contributed by atoms with Crippen LogP contribution in [0.5, 0.6) is 0 Å². The largest absolute Gasteiger partial charge is 0.389 e. The summed E-state index contributed by atoms with van der Waals surface area (Å²) in [4.78, 5) is 0. The van der Waals surface area contributed by atoms with Crippen molar-refractivity contribution in [2.24, 2.45) is 11.8 Å². The van der Waals surface area contributed by atoms with Crippen molar-refractivity contribution < 1.29 is 9.84 Å². The molecule has 2 saturated carbocycles. The lowest BCUT2D eigenvalue weighted by Gasteiger charge is -2.40. The van der Waals surface area contributed by atoms with E-state index in [1.54, 1.807) is 7.11 Å². The maximum atomic E-state index is 10.4. The Morgan fingerprint density at radius 2 is 1.71 bits per heavy atom. The molecule has 2 rings (SSSR count). The zero-order valence-electron chi connectivity index (χ0n) is 14.1. The van der Waals surface area contributed by atoms with Gasteiger partial charge in [-0.05, 0) is 31.6 Å². The smallest absolute Gasteiger partial charge is 0.0765 e. The van der Waals surface area contributed by atoms with Gasteiger partial charge in [0.1, 0.15) is 0 Å². The maximum absolute atomic E-state index is 10.4. The van der Waals surface area contributed by atoms with Gasteiger partial charge in [-0.25, -0.2) is 0 Å². The molecule has 2 N–H and O–H groups in total. The first-order valence-electron chi connectivity index (χ1n) is 9.07. The highest BCUT2D eigenvalue weighted by atomic mass is 16.5. The third kappa shape index (κ3) is 5.54. The maximum Gasteiger partial charge on any atom is 0.0765 e. The van der Waals surface area contributed by atoms with Crippen molar-refractivity contribution in [2.75, 3.05) is 20.3 Å². The number of methoxy groups -OCH3 is 1. The van der Waals surface area contributed by atoms with E-state index >= 15 is 0 Å². The van der Waals surface area contributed by atoms with Crippen LogP contribution in [0.1, 0.15) is 71.1 Å². The van der Waals surface area contributed by atoms with E-state index in [0.29, 0.717) is 25.6 Å². The van der Waals surface area contributed by atoms with Crippen LogP contribution in [0.3, 0.4) is 0 Å². The van der Waals surface area contributed by atoms with Gasteiger partial charge in [-0.15, -0.1) is 0 Å². The molecule has 0 radical (unpaired) electrons. The summed E-state index contributed by atoms with van der Waals surface area (Å²) < 4.78 is 5.10. The Morgan fingerprint density at radius 3 is 2.43 bits per heavy atom. The van der Waals surface area contributed by atoms with Crippen LogP contribution in [0.25, 0.3) is 0 Å². The Hall–Kier alpha value is -0.120. The summed E-state index contributed by atoms with van der Waals surface area (Å²) in [6.07, 6.45) is 13.3. The topological polar surface area (TPSA) is 41.5 Å². The van der Waals surface area contributed by atoms with Gasteiger partial charge in [-0.1, -0.05) is 44.9 Å². The minimum absolute atomic E-state index is 0.621. The van der Waals surface area contributed by atoms with Crippen molar-refractivity contribution in [3.05, 3.63) is 0 Å². The van der Waals surface area contributed by atoms with E-state index in [0.717, 1.165) is 11.8 Å². The first-order valence-corrected chi connectivity index (χ1v) is 9.07. The lowest BCUT2D eigenvalue weighted by atomic mass is 9.71. The van der Waals surface area contributed by atoms with Crippen LogP contribution < -0.4 is 5.32 Å². The van der Waals surface area contributed by atoms with Crippen molar-refractivity contribution in [1.82, 2.24) is 5.32 Å². The first kappa shape index (κ1) is 17.2. The van der Waals surface area contributed by atoms with Gasteiger partial charge in [0.2, 0.25) is 0 Å². The van der Waals surface area contributed by atoms with E-state index in [2.05, 4.69) is 5.32 Å². The number of ether oxygens (including phenoxy) is 1. The Morgan fingerprint density at radius 1 is 1.05 bits per heavy atom. The second-order valence-corrected chi connectivity index (χ2v) is 7.57. The SMILES string of the molecule is COCCC(C)(O)CNC1CCCCC1C1CCCCC1. The van der Waals surface area contributed by atoms with Crippen molar-refractivity contribution in [1.29, 1.82) is 0 Å². The molecule has 0 spiro atoms. The van der Waals surface area contributed by atoms with Crippen LogP contribution in [-0.4, -0.2) is 37.0 Å². The molecule has 0 amide bonds. The van der Waals surface area contributed by atoms with E-state index < -0.39 is 5.60 Å². The number of hydrogen-bond acceptors (Lipinski definition) is 3. The molecule has 2 fully saturated rings. The van der Waals surface area contributed by atoms with Crippen LogP contribution in [0.15, 0.2) is 0 Å². The molecular formula is C18H35NO2. The molecule has 2 aliphatic rings. The molecule has 0 aromatic heterocycles. The predicted molar refractivity (Wildman–Crippen MR) is 87.4 cm³/mol. The van der Waals surface area contributed by atoms with Gasteiger partial charge < -0.3 is 15.2 Å². The normalized spacial score (nSPS) is 31.0. The van der Waals surface area contributed by atoms with Gasteiger partial charge >= 0.3 is 0 Å². The van der Waals surface area contributed by atoms with Gasteiger partial charge in [-0.3, -0.25) is 0 Å². The van der Waals surface area contributed by atoms with Crippen LogP contribution in [0.4, 0.5) is 0 Å². The average Bonchev–Trinajstić information content (AvgIpc) is 2.52. The monoisotopic (exact) mass is 297 g/mol. The highest BCUT2D eigenvalue weighted by Crippen LogP contribution is 2.38. The Kier molecular flexibility index (Phi) is 6.97. The molecule has 0 bridgehead atoms. The minimum atomic E-state index is -0.648. The molecule has 124 valence electrons. The zero-order chi connectivity index (χ0) is 15.1. The van der Waals surface area contributed by atoms with Crippen molar-refractivity contribution in [3.8, 4) is 0 Å². The quantitative estimate of drug-likeness (QED) is 0.755. The lowest BCUT2D eigenvalue weighted by Crippen LogP contribution is -2.48. The fourth-order valence-electron chi connectivity index (χ4n) is 4.30. The molecule has 0 heterocycles. The van der Waals surface area contributed by atoms with Crippen LogP contribution in [0, 0.1) is 11.8 Å². The minimum Gasteiger partial charge on any atom is -0.389 e. The van der Waals surface area contributed by atoms with E-state index in [4.69, 9.17) is 4.74 Å². The van der Waals surface area contributed by atoms with Crippen LogP contribution in [0.2, 0.25) is 0 Å². The molecule has 0 aromatic carbocycles. The molecule has 3 heteroatoms. The van der Waals surface area contributed by atoms with Gasteiger partial charge in [-0.2, -0.15) is 0 Å². The van der Waals surface area contributed by atoms with Crippen molar-refractivity contribution in [2.45, 2.75) is 82.8 Å². The molecule has 21 heavy (non-hydrogen) atoms. The molecule has 3 nitrogen and oxygen atoms in total. The van der Waals surface area contributed by atoms with Crippen molar-refractivity contribution >= 4 is 0 Å². The summed E-state index contributed by atoms with van der Waals surface area (Å²) >= 11 is 0. The number of rotatable bonds is 7. The standard InChI is InChI=1S/C18H35NO2/c1-18(20,12-13-21-2)14-19-17-11-7-6-10-16(17)15-8-4-3-5-9-15/h15-17,19-20H,3-14H2,1-2H3. The summed E-state index contributed by atoms with van der Waals surface area (Å²) in [5.41, 5.74) is -0.648. The molecular weight excluding hydrogens is 262 g/mol. The zero-order valence-corrected chi connectivity index (χ0v) is 14.1. The number of aliphatic hydroxyl groups is 1. The third-order valence-corrected chi connectivity index (χ3v) is 5.66. The van der Waals surface area contributed by atoms with Crippen LogP contribution in [-0.2, 0) is 4.74 Å². The van der Waals surface area contributed by atoms with E-state index in [1.165, 1.54) is 57.8 Å². The van der Waals surface area contributed by atoms with E-state index in [9.17, 15) is 5.11 Å². The average molecular weight is 297 g/mol. The Balaban J connectivity index is 1.83. The number of hydrogen-bond donors (Lipinski definition) is 2. The Labute approximate surface area is 130 Å². The lowest BCUT2D eigenvalue weighted by molar-refractivity contribution is 0.0169. The molecule has 0 saturated heterocycles. The summed E-state index contributed by atoms with van der Waals surface area (Å²) in [6, 6.07) is 0.621. The predicted octanol–water partition coefficient (Wildman–Crippen LogP) is 3.50. The van der Waals surface area contributed by atoms with Gasteiger partial charge in [0.05, 0.1) is 5.60 Å². The van der Waals surface area contributed by atoms with Gasteiger partial charge in [0.15, 0.2) is 0 Å². The highest BCUT2D eigenvalue weighted by Gasteiger charge is 2.33. The Bertz CT molecular complexity index is 287. The number of nitrogens with one attached hydrogen (secondary N) is 1. The molecule has 3 atom stereocenters. The molecule has 2 aliphatic carbocycles. The van der Waals surface area contributed by atoms with E-state index in [-0.39, 0.29) is 0 Å². The molecule has 0 aromatic rings. The summed E-state index contributed by atoms with van der Waals surface area (Å²) in [7, 11) is 1.70. The summed E-state index contributed by atoms with van der Waals surface area (Å²) in [6.45, 7) is 3.26. The summed E-state index contributed by atoms with van der Waals surface area (Å²) in [5, 5.41) is 14.1. The molecule has 0 aliphatic heterocycles. The second-order valence-electron chi connectivity index (χ2n) is 7.57.